The molecule has 3 aromatic heterocycles. The fraction of sp³-hybridized carbons (Fsp3) is 0.118. The number of anilines is 1. The first kappa shape index (κ1) is 17.0. The van der Waals surface area contributed by atoms with Gasteiger partial charge in [-0.15, -0.1) is 11.3 Å². The normalized spacial score (nSPS) is 11.1. The van der Waals surface area contributed by atoms with Crippen LogP contribution in [0, 0.1) is 12.7 Å². The standard InChI is InChI=1S/C17H12FN5O3S/c1-8-11-13(21-23(2)17(25)14(11)22-26-8)15(24)20-16-12(19-7-27-16)9-3-5-10(18)6-4-9/h3-7H,1-2H3,(H,20,24). The van der Waals surface area contributed by atoms with E-state index in [0.717, 1.165) is 4.68 Å². The lowest BCUT2D eigenvalue weighted by atomic mass is 10.1. The highest BCUT2D eigenvalue weighted by atomic mass is 32.1. The number of halogens is 1. The first-order valence-electron chi connectivity index (χ1n) is 7.79. The van der Waals surface area contributed by atoms with Gasteiger partial charge < -0.3 is 9.84 Å². The molecule has 0 unspecified atom stereocenters. The number of nitrogens with one attached hydrogen (secondary N) is 1. The predicted octanol–water partition coefficient (Wildman–Crippen LogP) is 2.74. The molecule has 0 atom stereocenters. The maximum absolute atomic E-state index is 13.1. The second kappa shape index (κ2) is 6.40. The van der Waals surface area contributed by atoms with Crippen LogP contribution in [0.25, 0.3) is 22.2 Å². The molecule has 0 aliphatic heterocycles. The summed E-state index contributed by atoms with van der Waals surface area (Å²) >= 11 is 1.22. The maximum atomic E-state index is 13.1. The van der Waals surface area contributed by atoms with E-state index in [1.165, 1.54) is 30.5 Å². The molecule has 0 aliphatic rings. The highest BCUT2D eigenvalue weighted by Crippen LogP contribution is 2.31. The molecule has 0 aliphatic carbocycles. The minimum atomic E-state index is -0.533. The fourth-order valence-corrected chi connectivity index (χ4v) is 3.36. The molecule has 0 saturated carbocycles. The van der Waals surface area contributed by atoms with Crippen LogP contribution in [-0.4, -0.2) is 25.8 Å². The van der Waals surface area contributed by atoms with E-state index >= 15 is 0 Å². The Hall–Kier alpha value is -3.40. The van der Waals surface area contributed by atoms with Crippen molar-refractivity contribution in [1.29, 1.82) is 0 Å². The van der Waals surface area contributed by atoms with Gasteiger partial charge >= 0.3 is 0 Å². The van der Waals surface area contributed by atoms with Crippen molar-refractivity contribution in [3.05, 3.63) is 57.4 Å². The van der Waals surface area contributed by atoms with Crippen LogP contribution in [-0.2, 0) is 7.05 Å². The van der Waals surface area contributed by atoms with Crippen LogP contribution in [0.15, 0.2) is 39.1 Å². The summed E-state index contributed by atoms with van der Waals surface area (Å²) < 4.78 is 19.2. The van der Waals surface area contributed by atoms with Crippen molar-refractivity contribution in [3.8, 4) is 11.3 Å². The Morgan fingerprint density at radius 1 is 1.30 bits per heavy atom. The SMILES string of the molecule is Cc1onc2c(=O)n(C)nc(C(=O)Nc3scnc3-c3ccc(F)cc3)c12. The van der Waals surface area contributed by atoms with Gasteiger partial charge in [0.25, 0.3) is 11.5 Å². The summed E-state index contributed by atoms with van der Waals surface area (Å²) in [5, 5.41) is 11.3. The average molecular weight is 385 g/mol. The van der Waals surface area contributed by atoms with Gasteiger partial charge in [-0.25, -0.2) is 14.1 Å². The Kier molecular flexibility index (Phi) is 4.04. The van der Waals surface area contributed by atoms with Gasteiger partial charge in [0.15, 0.2) is 11.2 Å². The lowest BCUT2D eigenvalue weighted by Crippen LogP contribution is -2.25. The Morgan fingerprint density at radius 3 is 2.78 bits per heavy atom. The number of hydrogen-bond donors (Lipinski definition) is 1. The van der Waals surface area contributed by atoms with Gasteiger partial charge in [0, 0.05) is 12.6 Å². The van der Waals surface area contributed by atoms with Gasteiger partial charge in [0.05, 0.1) is 10.9 Å². The highest BCUT2D eigenvalue weighted by Gasteiger charge is 2.23. The third-order valence-corrected chi connectivity index (χ3v) is 4.72. The molecule has 1 N–H and O–H groups in total. The van der Waals surface area contributed by atoms with E-state index in [0.29, 0.717) is 22.0 Å². The third-order valence-electron chi connectivity index (χ3n) is 3.97. The van der Waals surface area contributed by atoms with Crippen LogP contribution in [0.3, 0.4) is 0 Å². The van der Waals surface area contributed by atoms with Crippen molar-refractivity contribution in [3.63, 3.8) is 0 Å². The Morgan fingerprint density at radius 2 is 2.04 bits per heavy atom. The van der Waals surface area contributed by atoms with E-state index < -0.39 is 11.5 Å². The van der Waals surface area contributed by atoms with E-state index in [9.17, 15) is 14.0 Å². The number of aryl methyl sites for hydroxylation is 2. The van der Waals surface area contributed by atoms with Gasteiger partial charge in [-0.2, -0.15) is 5.10 Å². The minimum absolute atomic E-state index is 0.0179. The van der Waals surface area contributed by atoms with Gasteiger partial charge in [-0.1, -0.05) is 5.16 Å². The second-order valence-electron chi connectivity index (χ2n) is 5.73. The molecule has 4 rings (SSSR count). The summed E-state index contributed by atoms with van der Waals surface area (Å²) in [4.78, 5) is 29.2. The minimum Gasteiger partial charge on any atom is -0.360 e. The van der Waals surface area contributed by atoms with E-state index in [1.54, 1.807) is 24.6 Å². The van der Waals surface area contributed by atoms with Crippen LogP contribution in [0.5, 0.6) is 0 Å². The monoisotopic (exact) mass is 385 g/mol. The smallest absolute Gasteiger partial charge is 0.296 e. The molecule has 4 aromatic rings. The highest BCUT2D eigenvalue weighted by molar-refractivity contribution is 7.14. The van der Waals surface area contributed by atoms with Crippen LogP contribution in [0.2, 0.25) is 0 Å². The molecule has 1 aromatic carbocycles. The third kappa shape index (κ3) is 2.89. The molecular weight excluding hydrogens is 373 g/mol. The van der Waals surface area contributed by atoms with Gasteiger partial charge in [-0.3, -0.25) is 9.59 Å². The Balaban J connectivity index is 1.75. The molecule has 10 heteroatoms. The van der Waals surface area contributed by atoms with Crippen molar-refractivity contribution in [1.82, 2.24) is 19.9 Å². The van der Waals surface area contributed by atoms with E-state index in [2.05, 4.69) is 20.6 Å². The average Bonchev–Trinajstić information content (AvgIpc) is 3.26. The van der Waals surface area contributed by atoms with E-state index in [4.69, 9.17) is 4.52 Å². The number of carbonyl (C=O) groups excluding carboxylic acids is 1. The van der Waals surface area contributed by atoms with Crippen LogP contribution in [0.1, 0.15) is 16.2 Å². The zero-order valence-corrected chi connectivity index (χ0v) is 15.0. The first-order chi connectivity index (χ1) is 13.0. The second-order valence-corrected chi connectivity index (χ2v) is 6.59. The predicted molar refractivity (Wildman–Crippen MR) is 97.2 cm³/mol. The fourth-order valence-electron chi connectivity index (χ4n) is 2.67. The zero-order chi connectivity index (χ0) is 19.1. The largest absolute Gasteiger partial charge is 0.360 e. The summed E-state index contributed by atoms with van der Waals surface area (Å²) in [5.74, 6) is -0.572. The van der Waals surface area contributed by atoms with Crippen LogP contribution < -0.4 is 10.9 Å². The molecule has 136 valence electrons. The van der Waals surface area contributed by atoms with E-state index in [1.807, 2.05) is 0 Å². The molecule has 0 saturated heterocycles. The zero-order valence-electron chi connectivity index (χ0n) is 14.2. The number of hydrogen-bond acceptors (Lipinski definition) is 7. The van der Waals surface area contributed by atoms with Gasteiger partial charge in [-0.05, 0) is 31.2 Å². The van der Waals surface area contributed by atoms with Crippen molar-refractivity contribution < 1.29 is 13.7 Å². The molecule has 8 nitrogen and oxygen atoms in total. The first-order valence-corrected chi connectivity index (χ1v) is 8.67. The number of thiazole rings is 1. The Labute approximate surface area is 155 Å². The van der Waals surface area contributed by atoms with Gasteiger partial charge in [0.2, 0.25) is 0 Å². The number of benzene rings is 1. The molecule has 1 amide bonds. The lowest BCUT2D eigenvalue weighted by molar-refractivity contribution is 0.102. The van der Waals surface area contributed by atoms with Gasteiger partial charge in [0.1, 0.15) is 22.3 Å². The number of nitrogens with zero attached hydrogens (tertiary/aromatic N) is 4. The molecular formula is C17H12FN5O3S. The summed E-state index contributed by atoms with van der Waals surface area (Å²) in [6.07, 6.45) is 0. The molecule has 0 radical (unpaired) electrons. The van der Waals surface area contributed by atoms with Crippen molar-refractivity contribution in [2.24, 2.45) is 7.05 Å². The molecule has 0 spiro atoms. The maximum Gasteiger partial charge on any atom is 0.296 e. The van der Waals surface area contributed by atoms with Crippen LogP contribution in [0.4, 0.5) is 9.39 Å². The quantitative estimate of drug-likeness (QED) is 0.582. The topological polar surface area (TPSA) is 103 Å². The summed E-state index contributed by atoms with van der Waals surface area (Å²) in [6.45, 7) is 1.60. The molecule has 0 fully saturated rings. The van der Waals surface area contributed by atoms with Crippen molar-refractivity contribution in [2.45, 2.75) is 6.92 Å². The number of fused-ring (bicyclic) bond motifs is 1. The number of amides is 1. The molecule has 27 heavy (non-hydrogen) atoms. The summed E-state index contributed by atoms with van der Waals surface area (Å²) in [7, 11) is 1.43. The number of carbonyl (C=O) groups is 1. The Bertz CT molecular complexity index is 1230. The molecule has 3 heterocycles. The van der Waals surface area contributed by atoms with Crippen molar-refractivity contribution in [2.75, 3.05) is 5.32 Å². The number of rotatable bonds is 3. The summed E-state index contributed by atoms with van der Waals surface area (Å²) in [6, 6.07) is 5.79. The van der Waals surface area contributed by atoms with E-state index in [-0.39, 0.29) is 22.4 Å². The lowest BCUT2D eigenvalue weighted by Gasteiger charge is -2.07. The summed E-state index contributed by atoms with van der Waals surface area (Å²) in [5.41, 5.74) is 2.35. The van der Waals surface area contributed by atoms with Crippen LogP contribution >= 0.6 is 11.3 Å². The van der Waals surface area contributed by atoms with Crippen molar-refractivity contribution >= 4 is 33.1 Å². The molecule has 0 bridgehead atoms. The number of aromatic nitrogens is 4.